The molecule has 0 saturated heterocycles. The Balaban J connectivity index is 1.83. The Bertz CT molecular complexity index is 824. The van der Waals surface area contributed by atoms with Crippen LogP contribution in [0, 0.1) is 0 Å². The molecule has 2 aromatic carbocycles. The molecule has 1 unspecified atom stereocenters. The van der Waals surface area contributed by atoms with E-state index in [1.165, 1.54) is 17.8 Å². The van der Waals surface area contributed by atoms with E-state index in [1.54, 1.807) is 31.1 Å². The first kappa shape index (κ1) is 18.4. The number of benzene rings is 2. The minimum absolute atomic E-state index is 0.0993. The van der Waals surface area contributed by atoms with E-state index >= 15 is 0 Å². The van der Waals surface area contributed by atoms with Gasteiger partial charge in [0.15, 0.2) is 6.10 Å². The van der Waals surface area contributed by atoms with E-state index in [0.717, 1.165) is 17.0 Å². The van der Waals surface area contributed by atoms with Crippen LogP contribution < -0.4 is 15.0 Å². The van der Waals surface area contributed by atoms with Crippen LogP contribution in [-0.2, 0) is 11.0 Å². The zero-order valence-corrected chi connectivity index (χ0v) is 14.9. The highest BCUT2D eigenvalue weighted by Crippen LogP contribution is 2.37. The van der Waals surface area contributed by atoms with Crippen molar-refractivity contribution in [2.24, 2.45) is 0 Å². The number of hydrogen-bond donors (Lipinski definition) is 1. The van der Waals surface area contributed by atoms with E-state index in [4.69, 9.17) is 4.74 Å². The van der Waals surface area contributed by atoms with Gasteiger partial charge in [-0.25, -0.2) is 0 Å². The van der Waals surface area contributed by atoms with Crippen LogP contribution in [0.25, 0.3) is 0 Å². The number of carbonyl (C=O) groups excluding carboxylic acids is 1. The van der Waals surface area contributed by atoms with Crippen LogP contribution in [0.15, 0.2) is 47.4 Å². The van der Waals surface area contributed by atoms with Crippen molar-refractivity contribution in [3.8, 4) is 5.75 Å². The quantitative estimate of drug-likeness (QED) is 0.861. The Morgan fingerprint density at radius 2 is 1.96 bits per heavy atom. The van der Waals surface area contributed by atoms with Crippen molar-refractivity contribution >= 4 is 29.0 Å². The van der Waals surface area contributed by atoms with Gasteiger partial charge in [-0.1, -0.05) is 12.1 Å². The molecular weight excluding hydrogens is 365 g/mol. The first-order chi connectivity index (χ1) is 12.3. The summed E-state index contributed by atoms with van der Waals surface area (Å²) in [6, 6.07) is 10.6. The molecule has 0 aliphatic carbocycles. The van der Waals surface area contributed by atoms with Gasteiger partial charge in [-0.2, -0.15) is 13.2 Å². The average Bonchev–Trinajstić information content (AvgIpc) is 2.60. The molecule has 1 heterocycles. The van der Waals surface area contributed by atoms with E-state index in [1.807, 2.05) is 12.1 Å². The number of nitrogens with zero attached hydrogens (tertiary/aromatic N) is 1. The average molecular weight is 382 g/mol. The SMILES string of the molecule is CN(C)c1ccc(C(F)(F)F)cc1NC(=O)C1CSc2ccccc2O1. The van der Waals surface area contributed by atoms with E-state index < -0.39 is 23.8 Å². The normalized spacial score (nSPS) is 16.4. The maximum Gasteiger partial charge on any atom is 0.416 e. The van der Waals surface area contributed by atoms with Gasteiger partial charge in [0.2, 0.25) is 0 Å². The van der Waals surface area contributed by atoms with Crippen molar-refractivity contribution in [3.05, 3.63) is 48.0 Å². The summed E-state index contributed by atoms with van der Waals surface area (Å²) in [4.78, 5) is 15.1. The van der Waals surface area contributed by atoms with E-state index in [-0.39, 0.29) is 5.69 Å². The first-order valence-corrected chi connectivity index (χ1v) is 8.82. The minimum atomic E-state index is -4.49. The molecule has 0 aromatic heterocycles. The molecule has 0 bridgehead atoms. The second kappa shape index (κ2) is 7.11. The Labute approximate surface area is 153 Å². The van der Waals surface area contributed by atoms with Crippen LogP contribution in [0.3, 0.4) is 0 Å². The van der Waals surface area contributed by atoms with Gasteiger partial charge in [0, 0.05) is 24.7 Å². The number of halogens is 3. The van der Waals surface area contributed by atoms with Crippen LogP contribution >= 0.6 is 11.8 Å². The number of anilines is 2. The molecule has 1 atom stereocenters. The minimum Gasteiger partial charge on any atom is -0.479 e. The molecule has 2 aromatic rings. The number of thioether (sulfide) groups is 1. The van der Waals surface area contributed by atoms with Crippen LogP contribution in [0.2, 0.25) is 0 Å². The van der Waals surface area contributed by atoms with Gasteiger partial charge in [0.25, 0.3) is 5.91 Å². The third kappa shape index (κ3) is 3.90. The van der Waals surface area contributed by atoms with Gasteiger partial charge in [-0.05, 0) is 30.3 Å². The molecule has 26 heavy (non-hydrogen) atoms. The van der Waals surface area contributed by atoms with Gasteiger partial charge in [0.1, 0.15) is 5.75 Å². The highest BCUT2D eigenvalue weighted by atomic mass is 32.2. The van der Waals surface area contributed by atoms with Crippen molar-refractivity contribution in [1.29, 1.82) is 0 Å². The summed E-state index contributed by atoms with van der Waals surface area (Å²) in [7, 11) is 3.39. The van der Waals surface area contributed by atoms with Crippen molar-refractivity contribution in [2.75, 3.05) is 30.1 Å². The van der Waals surface area contributed by atoms with E-state index in [0.29, 0.717) is 17.2 Å². The standard InChI is InChI=1S/C18H17F3N2O2S/c1-23(2)13-8-7-11(18(19,20)21)9-12(13)22-17(24)15-10-26-16-6-4-3-5-14(16)25-15/h3-9,15H,10H2,1-2H3,(H,22,24). The maximum atomic E-state index is 13.0. The molecule has 1 aliphatic rings. The number of hydrogen-bond acceptors (Lipinski definition) is 4. The lowest BCUT2D eigenvalue weighted by Gasteiger charge is -2.26. The Morgan fingerprint density at radius 1 is 1.23 bits per heavy atom. The number of carbonyl (C=O) groups is 1. The summed E-state index contributed by atoms with van der Waals surface area (Å²) >= 11 is 1.48. The van der Waals surface area contributed by atoms with Crippen LogP contribution in [0.1, 0.15) is 5.56 Å². The number of ether oxygens (including phenoxy) is 1. The monoisotopic (exact) mass is 382 g/mol. The van der Waals surface area contributed by atoms with E-state index in [9.17, 15) is 18.0 Å². The molecule has 1 aliphatic heterocycles. The molecule has 0 saturated carbocycles. The fraction of sp³-hybridized carbons (Fsp3) is 0.278. The highest BCUT2D eigenvalue weighted by molar-refractivity contribution is 7.99. The van der Waals surface area contributed by atoms with Crippen LogP contribution in [-0.4, -0.2) is 31.9 Å². The molecule has 8 heteroatoms. The lowest BCUT2D eigenvalue weighted by Crippen LogP contribution is -2.37. The van der Waals surface area contributed by atoms with Crippen molar-refractivity contribution in [3.63, 3.8) is 0 Å². The topological polar surface area (TPSA) is 41.6 Å². The fourth-order valence-corrected chi connectivity index (χ4v) is 3.55. The molecule has 4 nitrogen and oxygen atoms in total. The summed E-state index contributed by atoms with van der Waals surface area (Å²) in [6.07, 6.45) is -5.26. The number of fused-ring (bicyclic) bond motifs is 1. The van der Waals surface area contributed by atoms with Crippen molar-refractivity contribution in [1.82, 2.24) is 0 Å². The smallest absolute Gasteiger partial charge is 0.416 e. The maximum absolute atomic E-state index is 13.0. The molecule has 0 radical (unpaired) electrons. The number of para-hydroxylation sites is 1. The zero-order valence-electron chi connectivity index (χ0n) is 14.1. The first-order valence-electron chi connectivity index (χ1n) is 7.83. The summed E-state index contributed by atoms with van der Waals surface area (Å²) in [5.74, 6) is 0.509. The summed E-state index contributed by atoms with van der Waals surface area (Å²) in [5, 5.41) is 2.59. The number of rotatable bonds is 3. The predicted octanol–water partition coefficient (Wildman–Crippen LogP) is 4.26. The van der Waals surface area contributed by atoms with Gasteiger partial charge in [0.05, 0.1) is 16.9 Å². The molecule has 0 spiro atoms. The number of amides is 1. The van der Waals surface area contributed by atoms with Gasteiger partial charge in [-0.15, -0.1) is 11.8 Å². The summed E-state index contributed by atoms with van der Waals surface area (Å²) in [5.41, 5.74) is -0.236. The molecule has 1 N–H and O–H groups in total. The van der Waals surface area contributed by atoms with Crippen molar-refractivity contribution < 1.29 is 22.7 Å². The lowest BCUT2D eigenvalue weighted by atomic mass is 10.1. The van der Waals surface area contributed by atoms with Gasteiger partial charge in [-0.3, -0.25) is 4.79 Å². The van der Waals surface area contributed by atoms with Crippen molar-refractivity contribution in [2.45, 2.75) is 17.2 Å². The molecule has 138 valence electrons. The number of alkyl halides is 3. The zero-order chi connectivity index (χ0) is 18.9. The van der Waals surface area contributed by atoms with Gasteiger partial charge >= 0.3 is 6.18 Å². The fourth-order valence-electron chi connectivity index (χ4n) is 2.56. The Hall–Kier alpha value is -2.35. The molecular formula is C18H17F3N2O2S. The molecule has 3 rings (SSSR count). The van der Waals surface area contributed by atoms with E-state index in [2.05, 4.69) is 5.32 Å². The van der Waals surface area contributed by atoms with Crippen LogP contribution in [0.4, 0.5) is 24.5 Å². The second-order valence-corrected chi connectivity index (χ2v) is 7.04. The molecule has 0 fully saturated rings. The predicted molar refractivity (Wildman–Crippen MR) is 96.0 cm³/mol. The lowest BCUT2D eigenvalue weighted by molar-refractivity contribution is -0.137. The Kier molecular flexibility index (Phi) is 5.04. The third-order valence-corrected chi connectivity index (χ3v) is 4.98. The largest absolute Gasteiger partial charge is 0.479 e. The highest BCUT2D eigenvalue weighted by Gasteiger charge is 2.32. The summed E-state index contributed by atoms with van der Waals surface area (Å²) < 4.78 is 44.7. The second-order valence-electron chi connectivity index (χ2n) is 5.98. The Morgan fingerprint density at radius 3 is 2.65 bits per heavy atom. The molecule has 1 amide bonds. The summed E-state index contributed by atoms with van der Waals surface area (Å²) in [6.45, 7) is 0. The van der Waals surface area contributed by atoms with Crippen LogP contribution in [0.5, 0.6) is 5.75 Å². The van der Waals surface area contributed by atoms with Gasteiger partial charge < -0.3 is 15.0 Å². The number of nitrogens with one attached hydrogen (secondary N) is 1. The third-order valence-electron chi connectivity index (χ3n) is 3.86.